The van der Waals surface area contributed by atoms with Crippen molar-refractivity contribution in [3.63, 3.8) is 0 Å². The van der Waals surface area contributed by atoms with E-state index in [1.54, 1.807) is 17.5 Å². The molecule has 27 heavy (non-hydrogen) atoms. The summed E-state index contributed by atoms with van der Waals surface area (Å²) in [5.41, 5.74) is 4.84. The normalized spacial score (nSPS) is 11.1. The average Bonchev–Trinajstić information content (AvgIpc) is 3.43. The van der Waals surface area contributed by atoms with Gasteiger partial charge in [-0.15, -0.1) is 11.3 Å². The zero-order chi connectivity index (χ0) is 18.2. The van der Waals surface area contributed by atoms with Gasteiger partial charge in [-0.2, -0.15) is 4.98 Å². The lowest BCUT2D eigenvalue weighted by atomic mass is 10.2. The fraction of sp³-hybridized carbons (Fsp3) is 0.0500. The van der Waals surface area contributed by atoms with E-state index in [0.29, 0.717) is 5.95 Å². The third kappa shape index (κ3) is 2.98. The van der Waals surface area contributed by atoms with Gasteiger partial charge in [0.2, 0.25) is 5.95 Å². The van der Waals surface area contributed by atoms with Crippen molar-refractivity contribution in [1.29, 1.82) is 0 Å². The minimum atomic E-state index is 0.554. The summed E-state index contributed by atoms with van der Waals surface area (Å²) in [7, 11) is 0. The van der Waals surface area contributed by atoms with E-state index in [1.165, 1.54) is 12.0 Å². The number of nitrogens with zero attached hydrogens (tertiary/aromatic N) is 3. The summed E-state index contributed by atoms with van der Waals surface area (Å²) >= 11 is 1.69. The second kappa shape index (κ2) is 6.37. The van der Waals surface area contributed by atoms with Gasteiger partial charge < -0.3 is 14.7 Å². The monoisotopic (exact) mass is 373 g/mol. The summed E-state index contributed by atoms with van der Waals surface area (Å²) in [6.45, 7) is 2.09. The van der Waals surface area contributed by atoms with Crippen LogP contribution in [0.3, 0.4) is 0 Å². The van der Waals surface area contributed by atoms with Gasteiger partial charge in [-0.25, -0.2) is 9.97 Å². The van der Waals surface area contributed by atoms with Crippen LogP contribution in [-0.4, -0.2) is 19.9 Å². The second-order valence-corrected chi connectivity index (χ2v) is 7.10. The van der Waals surface area contributed by atoms with Crippen LogP contribution in [-0.2, 0) is 0 Å². The van der Waals surface area contributed by atoms with Gasteiger partial charge in [0.25, 0.3) is 0 Å². The maximum Gasteiger partial charge on any atom is 0.229 e. The fourth-order valence-corrected chi connectivity index (χ4v) is 3.85. The molecule has 5 aromatic rings. The largest absolute Gasteiger partial charge is 0.444 e. The van der Waals surface area contributed by atoms with E-state index in [1.807, 2.05) is 36.5 Å². The Morgan fingerprint density at radius 2 is 2.00 bits per heavy atom. The molecule has 132 valence electrons. The van der Waals surface area contributed by atoms with Gasteiger partial charge in [-0.05, 0) is 54.3 Å². The predicted molar refractivity (Wildman–Crippen MR) is 107 cm³/mol. The Balaban J connectivity index is 1.50. The van der Waals surface area contributed by atoms with Gasteiger partial charge in [0.05, 0.1) is 16.8 Å². The maximum absolute atomic E-state index is 5.32. The molecule has 0 aliphatic heterocycles. The molecule has 0 atom stereocenters. The van der Waals surface area contributed by atoms with E-state index < -0.39 is 0 Å². The molecule has 0 fully saturated rings. The van der Waals surface area contributed by atoms with Crippen molar-refractivity contribution >= 4 is 34.0 Å². The van der Waals surface area contributed by atoms with Crippen LogP contribution in [0.5, 0.6) is 0 Å². The molecule has 0 bridgehead atoms. The Morgan fingerprint density at radius 3 is 2.74 bits per heavy atom. The fourth-order valence-electron chi connectivity index (χ4n) is 2.95. The Morgan fingerprint density at radius 1 is 1.11 bits per heavy atom. The average molecular weight is 373 g/mol. The molecule has 4 heterocycles. The highest BCUT2D eigenvalue weighted by molar-refractivity contribution is 7.13. The maximum atomic E-state index is 5.32. The van der Waals surface area contributed by atoms with Crippen LogP contribution < -0.4 is 5.32 Å². The molecule has 2 N–H and O–H groups in total. The lowest BCUT2D eigenvalue weighted by Crippen LogP contribution is -1.99. The number of rotatable bonds is 4. The lowest BCUT2D eigenvalue weighted by molar-refractivity contribution is 0.572. The summed E-state index contributed by atoms with van der Waals surface area (Å²) in [6.07, 6.45) is 5.01. The number of hydrogen-bond acceptors (Lipinski definition) is 6. The molecular formula is C20H15N5OS. The van der Waals surface area contributed by atoms with Crippen molar-refractivity contribution in [2.45, 2.75) is 6.92 Å². The zero-order valence-electron chi connectivity index (χ0n) is 14.4. The summed E-state index contributed by atoms with van der Waals surface area (Å²) in [5.74, 6) is 1.29. The SMILES string of the molecule is Cc1csc(-c2nc(Nc3ccc(-c4cnco4)cc3)nc3[nH]ccc23)c1. The molecule has 0 unspecified atom stereocenters. The number of aromatic nitrogens is 4. The van der Waals surface area contributed by atoms with Crippen molar-refractivity contribution < 1.29 is 4.42 Å². The van der Waals surface area contributed by atoms with E-state index in [4.69, 9.17) is 9.40 Å². The molecule has 5 rings (SSSR count). The first kappa shape index (κ1) is 15.8. The highest BCUT2D eigenvalue weighted by atomic mass is 32.1. The van der Waals surface area contributed by atoms with Crippen LogP contribution in [0.4, 0.5) is 11.6 Å². The molecule has 0 radical (unpaired) electrons. The predicted octanol–water partition coefficient (Wildman–Crippen LogP) is 5.39. The van der Waals surface area contributed by atoms with Gasteiger partial charge in [0.15, 0.2) is 12.2 Å². The second-order valence-electron chi connectivity index (χ2n) is 6.19. The van der Waals surface area contributed by atoms with E-state index in [9.17, 15) is 0 Å². The molecule has 0 saturated carbocycles. The van der Waals surface area contributed by atoms with Gasteiger partial charge in [0.1, 0.15) is 5.65 Å². The third-order valence-electron chi connectivity index (χ3n) is 4.24. The summed E-state index contributed by atoms with van der Waals surface area (Å²) in [6, 6.07) is 12.0. The highest BCUT2D eigenvalue weighted by Gasteiger charge is 2.12. The molecular weight excluding hydrogens is 358 g/mol. The Bertz CT molecular complexity index is 1210. The van der Waals surface area contributed by atoms with Crippen LogP contribution in [0.25, 0.3) is 32.9 Å². The van der Waals surface area contributed by atoms with E-state index >= 15 is 0 Å². The third-order valence-corrected chi connectivity index (χ3v) is 5.29. The van der Waals surface area contributed by atoms with Crippen LogP contribution in [0, 0.1) is 6.92 Å². The first-order chi connectivity index (χ1) is 13.3. The van der Waals surface area contributed by atoms with Crippen molar-refractivity contribution in [2.75, 3.05) is 5.32 Å². The van der Waals surface area contributed by atoms with Crippen LogP contribution in [0.15, 0.2) is 65.0 Å². The molecule has 0 aliphatic rings. The van der Waals surface area contributed by atoms with Crippen molar-refractivity contribution in [3.05, 3.63) is 66.1 Å². The van der Waals surface area contributed by atoms with Crippen LogP contribution >= 0.6 is 11.3 Å². The van der Waals surface area contributed by atoms with Crippen LogP contribution in [0.1, 0.15) is 5.56 Å². The molecule has 6 nitrogen and oxygen atoms in total. The number of H-pyrrole nitrogens is 1. The highest BCUT2D eigenvalue weighted by Crippen LogP contribution is 2.32. The molecule has 1 aromatic carbocycles. The Hall–Kier alpha value is -3.45. The molecule has 0 aliphatic carbocycles. The number of fused-ring (bicyclic) bond motifs is 1. The van der Waals surface area contributed by atoms with Crippen LogP contribution in [0.2, 0.25) is 0 Å². The number of benzene rings is 1. The molecule has 7 heteroatoms. The van der Waals surface area contributed by atoms with Gasteiger partial charge in [-0.1, -0.05) is 0 Å². The molecule has 0 saturated heterocycles. The number of thiophene rings is 1. The number of nitrogens with one attached hydrogen (secondary N) is 2. The quantitative estimate of drug-likeness (QED) is 0.441. The smallest absolute Gasteiger partial charge is 0.229 e. The number of anilines is 2. The Kier molecular flexibility index (Phi) is 3.72. The van der Waals surface area contributed by atoms with Gasteiger partial charge >= 0.3 is 0 Å². The van der Waals surface area contributed by atoms with E-state index in [0.717, 1.165) is 38.6 Å². The van der Waals surface area contributed by atoms with Gasteiger partial charge in [-0.3, -0.25) is 0 Å². The summed E-state index contributed by atoms with van der Waals surface area (Å²) in [4.78, 5) is 17.6. The number of oxazole rings is 1. The van der Waals surface area contributed by atoms with Crippen molar-refractivity contribution in [3.8, 4) is 21.9 Å². The minimum absolute atomic E-state index is 0.554. The summed E-state index contributed by atoms with van der Waals surface area (Å²) < 4.78 is 5.32. The first-order valence-corrected chi connectivity index (χ1v) is 9.31. The number of aromatic amines is 1. The zero-order valence-corrected chi connectivity index (χ0v) is 15.2. The van der Waals surface area contributed by atoms with E-state index in [-0.39, 0.29) is 0 Å². The van der Waals surface area contributed by atoms with Gasteiger partial charge in [0, 0.05) is 22.8 Å². The van der Waals surface area contributed by atoms with E-state index in [2.05, 4.69) is 38.6 Å². The molecule has 0 amide bonds. The van der Waals surface area contributed by atoms with Crippen molar-refractivity contribution in [1.82, 2.24) is 19.9 Å². The first-order valence-electron chi connectivity index (χ1n) is 8.43. The lowest BCUT2D eigenvalue weighted by Gasteiger charge is -2.08. The topological polar surface area (TPSA) is 79.6 Å². The Labute approximate surface area is 159 Å². The van der Waals surface area contributed by atoms with Crippen molar-refractivity contribution in [2.24, 2.45) is 0 Å². The number of aryl methyl sites for hydroxylation is 1. The minimum Gasteiger partial charge on any atom is -0.444 e. The standard InChI is InChI=1S/C20H15N5OS/c1-12-8-17(27-10-12)18-15-6-7-22-19(15)25-20(24-18)23-14-4-2-13(3-5-14)16-9-21-11-26-16/h2-11H,1H3,(H2,22,23,24,25). The number of hydrogen-bond donors (Lipinski definition) is 2. The summed E-state index contributed by atoms with van der Waals surface area (Å²) in [5, 5.41) is 6.44. The molecule has 0 spiro atoms. The molecule has 4 aromatic heterocycles.